The molecule has 0 radical (unpaired) electrons. The van der Waals surface area contributed by atoms with E-state index in [2.05, 4.69) is 20.1 Å². The van der Waals surface area contributed by atoms with E-state index in [1.54, 1.807) is 0 Å². The molecule has 3 aromatic rings. The summed E-state index contributed by atoms with van der Waals surface area (Å²) < 4.78 is 44.9. The van der Waals surface area contributed by atoms with Gasteiger partial charge in [0.25, 0.3) is 11.8 Å². The molecule has 0 unspecified atom stereocenters. The molecule has 3 amide bonds. The monoisotopic (exact) mass is 516 g/mol. The lowest BCUT2D eigenvalue weighted by Crippen LogP contribution is -2.42. The maximum absolute atomic E-state index is 13.3. The minimum absolute atomic E-state index is 0.0647. The summed E-state index contributed by atoms with van der Waals surface area (Å²) in [6.45, 7) is 0. The van der Waals surface area contributed by atoms with Crippen LogP contribution in [-0.2, 0) is 10.9 Å². The number of carbonyl (C=O) groups excluding carboxylic acids is 3. The number of alkyl halides is 3. The quantitative estimate of drug-likeness (QED) is 0.452. The lowest BCUT2D eigenvalue weighted by atomic mass is 10.1. The van der Waals surface area contributed by atoms with Crippen LogP contribution in [0.15, 0.2) is 42.6 Å². The second kappa shape index (κ2) is 9.97. The van der Waals surface area contributed by atoms with E-state index in [1.165, 1.54) is 36.5 Å². The Morgan fingerprint density at radius 1 is 1.03 bits per heavy atom. The number of benzene rings is 1. The van der Waals surface area contributed by atoms with Crippen molar-refractivity contribution in [3.05, 3.63) is 69.6 Å². The van der Waals surface area contributed by atoms with Crippen molar-refractivity contribution in [3.8, 4) is 5.82 Å². The maximum atomic E-state index is 13.3. The van der Waals surface area contributed by atoms with Crippen molar-refractivity contribution < 1.29 is 32.3 Å². The first kappa shape index (κ1) is 24.8. The fourth-order valence-electron chi connectivity index (χ4n) is 2.64. The molecule has 34 heavy (non-hydrogen) atoms. The molecule has 0 aliphatic heterocycles. The first-order chi connectivity index (χ1) is 16.0. The Bertz CT molecular complexity index is 1270. The Hall–Kier alpha value is -3.84. The summed E-state index contributed by atoms with van der Waals surface area (Å²) in [6.07, 6.45) is -4.60. The highest BCUT2D eigenvalue weighted by Crippen LogP contribution is 2.31. The molecular formula is C19H13Cl2F3N6O4. The molecule has 0 saturated heterocycles. The predicted octanol–water partition coefficient (Wildman–Crippen LogP) is 3.85. The number of hydrogen-bond donors (Lipinski definition) is 3. The molecule has 3 rings (SSSR count). The van der Waals surface area contributed by atoms with Gasteiger partial charge in [-0.1, -0.05) is 29.3 Å². The van der Waals surface area contributed by atoms with Crippen molar-refractivity contribution in [2.24, 2.45) is 0 Å². The van der Waals surface area contributed by atoms with Crippen molar-refractivity contribution in [3.63, 3.8) is 0 Å². The Labute approximate surface area is 199 Å². The van der Waals surface area contributed by atoms with Crippen LogP contribution in [0, 0.1) is 0 Å². The Morgan fingerprint density at radius 2 is 1.74 bits per heavy atom. The molecule has 15 heteroatoms. The summed E-state index contributed by atoms with van der Waals surface area (Å²) >= 11 is 12.1. The second-order valence-electron chi connectivity index (χ2n) is 6.32. The van der Waals surface area contributed by atoms with Crippen molar-refractivity contribution in [1.82, 2.24) is 25.6 Å². The van der Waals surface area contributed by atoms with Crippen LogP contribution in [0.1, 0.15) is 26.5 Å². The number of rotatable bonds is 4. The molecule has 0 aliphatic rings. The number of pyridine rings is 1. The number of ether oxygens (including phenoxy) is 1. The SMILES string of the molecule is COC(=O)NNC(=O)c1c(Cl)cccc1NC(=O)c1cc(C(F)(F)F)nn1-c1ncccc1Cl. The smallest absolute Gasteiger partial charge is 0.435 e. The average molecular weight is 517 g/mol. The standard InChI is InChI=1S/C19H13Cl2F3N6O4/c1-34-18(33)28-27-17(32)14-9(20)4-2-6-11(14)26-16(31)12-8-13(19(22,23)24)29-30(12)15-10(21)5-3-7-25-15/h2-8H,1H3,(H,26,31)(H,27,32)(H,28,33). The van der Waals surface area contributed by atoms with Crippen molar-refractivity contribution in [1.29, 1.82) is 0 Å². The average Bonchev–Trinajstić information content (AvgIpc) is 3.23. The number of carbonyl (C=O) groups is 3. The molecule has 0 fully saturated rings. The van der Waals surface area contributed by atoms with Crippen LogP contribution in [0.25, 0.3) is 5.82 Å². The highest BCUT2D eigenvalue weighted by molar-refractivity contribution is 6.35. The molecule has 2 aromatic heterocycles. The van der Waals surface area contributed by atoms with Gasteiger partial charge in [-0.05, 0) is 24.3 Å². The molecule has 10 nitrogen and oxygen atoms in total. The van der Waals surface area contributed by atoms with E-state index >= 15 is 0 Å². The molecule has 3 N–H and O–H groups in total. The minimum atomic E-state index is -4.87. The number of halogens is 5. The predicted molar refractivity (Wildman–Crippen MR) is 114 cm³/mol. The van der Waals surface area contributed by atoms with Crippen LogP contribution in [0.2, 0.25) is 10.0 Å². The molecule has 1 aromatic carbocycles. The molecule has 2 heterocycles. The molecule has 0 saturated carbocycles. The maximum Gasteiger partial charge on any atom is 0.435 e. The highest BCUT2D eigenvalue weighted by atomic mass is 35.5. The first-order valence-corrected chi connectivity index (χ1v) is 9.80. The summed E-state index contributed by atoms with van der Waals surface area (Å²) in [4.78, 5) is 40.5. The Morgan fingerprint density at radius 3 is 2.38 bits per heavy atom. The van der Waals surface area contributed by atoms with Crippen LogP contribution in [0.5, 0.6) is 0 Å². The summed E-state index contributed by atoms with van der Waals surface area (Å²) in [5, 5.41) is 5.55. The third-order valence-electron chi connectivity index (χ3n) is 4.12. The topological polar surface area (TPSA) is 127 Å². The van der Waals surface area contributed by atoms with Crippen LogP contribution in [-0.4, -0.2) is 39.8 Å². The van der Waals surface area contributed by atoms with E-state index in [0.717, 1.165) is 7.11 Å². The number of hydrogen-bond acceptors (Lipinski definition) is 6. The van der Waals surface area contributed by atoms with E-state index < -0.39 is 35.5 Å². The van der Waals surface area contributed by atoms with Gasteiger partial charge in [-0.15, -0.1) is 0 Å². The Balaban J connectivity index is 2.00. The summed E-state index contributed by atoms with van der Waals surface area (Å²) in [5.74, 6) is -2.25. The third kappa shape index (κ3) is 5.38. The van der Waals surface area contributed by atoms with Crippen LogP contribution >= 0.6 is 23.2 Å². The number of aromatic nitrogens is 3. The number of methoxy groups -OCH3 is 1. The van der Waals surface area contributed by atoms with E-state index in [9.17, 15) is 27.6 Å². The fourth-order valence-corrected chi connectivity index (χ4v) is 3.10. The van der Waals surface area contributed by atoms with Crippen molar-refractivity contribution in [2.45, 2.75) is 6.18 Å². The van der Waals surface area contributed by atoms with Crippen LogP contribution < -0.4 is 16.2 Å². The molecule has 0 aliphatic carbocycles. The first-order valence-electron chi connectivity index (χ1n) is 9.05. The van der Waals surface area contributed by atoms with Gasteiger partial charge in [0.15, 0.2) is 11.5 Å². The molecular weight excluding hydrogens is 504 g/mol. The number of anilines is 1. The van der Waals surface area contributed by atoms with Crippen molar-refractivity contribution >= 4 is 46.8 Å². The molecule has 0 bridgehead atoms. The zero-order valence-electron chi connectivity index (χ0n) is 16.9. The molecule has 178 valence electrons. The molecule has 0 spiro atoms. The van der Waals surface area contributed by atoms with Gasteiger partial charge in [-0.3, -0.25) is 15.0 Å². The van der Waals surface area contributed by atoms with Gasteiger partial charge in [0, 0.05) is 12.3 Å². The van der Waals surface area contributed by atoms with Crippen LogP contribution in [0.4, 0.5) is 23.7 Å². The zero-order valence-corrected chi connectivity index (χ0v) is 18.4. The van der Waals surface area contributed by atoms with E-state index in [4.69, 9.17) is 23.2 Å². The largest absolute Gasteiger partial charge is 0.452 e. The lowest BCUT2D eigenvalue weighted by Gasteiger charge is -2.14. The lowest BCUT2D eigenvalue weighted by molar-refractivity contribution is -0.141. The normalized spacial score (nSPS) is 11.0. The van der Waals surface area contributed by atoms with Gasteiger partial charge >= 0.3 is 12.3 Å². The number of nitrogens with one attached hydrogen (secondary N) is 3. The number of nitrogens with zero attached hydrogens (tertiary/aromatic N) is 3. The van der Waals surface area contributed by atoms with Crippen molar-refractivity contribution in [2.75, 3.05) is 12.4 Å². The third-order valence-corrected chi connectivity index (χ3v) is 4.73. The van der Waals surface area contributed by atoms with Gasteiger partial charge in [0.1, 0.15) is 5.69 Å². The molecule has 0 atom stereocenters. The van der Waals surface area contributed by atoms with Crippen LogP contribution in [0.3, 0.4) is 0 Å². The van der Waals surface area contributed by atoms with Gasteiger partial charge < -0.3 is 10.1 Å². The summed E-state index contributed by atoms with van der Waals surface area (Å²) in [7, 11) is 1.06. The van der Waals surface area contributed by atoms with E-state index in [-0.39, 0.29) is 27.1 Å². The van der Waals surface area contributed by atoms with Gasteiger partial charge in [0.05, 0.1) is 28.4 Å². The second-order valence-corrected chi connectivity index (χ2v) is 7.13. The zero-order chi connectivity index (χ0) is 25.0. The van der Waals surface area contributed by atoms with Gasteiger partial charge in [-0.2, -0.15) is 18.3 Å². The van der Waals surface area contributed by atoms with Gasteiger partial charge in [0.2, 0.25) is 0 Å². The minimum Gasteiger partial charge on any atom is -0.452 e. The van der Waals surface area contributed by atoms with Gasteiger partial charge in [-0.25, -0.2) is 19.9 Å². The number of hydrazine groups is 1. The fraction of sp³-hybridized carbons (Fsp3) is 0.105. The highest BCUT2D eigenvalue weighted by Gasteiger charge is 2.36. The van der Waals surface area contributed by atoms with E-state index in [0.29, 0.717) is 10.7 Å². The summed E-state index contributed by atoms with van der Waals surface area (Å²) in [5.41, 5.74) is 1.55. The Kier molecular flexibility index (Phi) is 7.27. The van der Waals surface area contributed by atoms with E-state index in [1.807, 2.05) is 10.9 Å². The summed E-state index contributed by atoms with van der Waals surface area (Å²) in [6, 6.07) is 7.28. The number of amides is 3.